The van der Waals surface area contributed by atoms with Gasteiger partial charge in [-0.05, 0) is 24.6 Å². The lowest BCUT2D eigenvalue weighted by Crippen LogP contribution is -2.04. The molecule has 1 aromatic carbocycles. The number of carbonyl (C=O) groups is 1. The number of hydrogen-bond acceptors (Lipinski definition) is 6. The number of methoxy groups -OCH3 is 2. The van der Waals surface area contributed by atoms with E-state index in [1.54, 1.807) is 25.1 Å². The second-order valence-corrected chi connectivity index (χ2v) is 4.24. The van der Waals surface area contributed by atoms with Crippen molar-refractivity contribution in [2.45, 2.75) is 6.92 Å². The van der Waals surface area contributed by atoms with Crippen LogP contribution in [0.3, 0.4) is 0 Å². The molecule has 2 aromatic rings. The Morgan fingerprint density at radius 2 is 1.76 bits per heavy atom. The molecule has 110 valence electrons. The summed E-state index contributed by atoms with van der Waals surface area (Å²) in [6.45, 7) is 1.73. The highest BCUT2D eigenvalue weighted by Crippen LogP contribution is 2.22. The Bertz CT molecular complexity index is 651. The lowest BCUT2D eigenvalue weighted by molar-refractivity contribution is 0.0696. The molecular formula is C14H15N3O4. The molecule has 0 saturated carbocycles. The SMILES string of the molecule is COc1cc(OC)nc(Nc2ccc(C)c(C(=O)O)c2)n1. The van der Waals surface area contributed by atoms with Gasteiger partial charge in [0.1, 0.15) is 0 Å². The summed E-state index contributed by atoms with van der Waals surface area (Å²) in [5.41, 5.74) is 1.46. The molecule has 2 rings (SSSR count). The molecule has 0 aliphatic carbocycles. The first-order valence-electron chi connectivity index (χ1n) is 6.11. The Morgan fingerprint density at radius 3 is 2.29 bits per heavy atom. The number of ether oxygens (including phenoxy) is 2. The molecule has 1 aromatic heterocycles. The molecule has 1 heterocycles. The van der Waals surface area contributed by atoms with E-state index < -0.39 is 5.97 Å². The fraction of sp³-hybridized carbons (Fsp3) is 0.214. The van der Waals surface area contributed by atoms with Crippen molar-refractivity contribution in [2.24, 2.45) is 0 Å². The fourth-order valence-electron chi connectivity index (χ4n) is 1.73. The summed E-state index contributed by atoms with van der Waals surface area (Å²) >= 11 is 0. The second-order valence-electron chi connectivity index (χ2n) is 4.24. The number of hydrogen-bond donors (Lipinski definition) is 2. The molecule has 7 heteroatoms. The first-order chi connectivity index (χ1) is 10.0. The number of nitrogens with zero attached hydrogens (tertiary/aromatic N) is 2. The van der Waals surface area contributed by atoms with Crippen LogP contribution in [0.1, 0.15) is 15.9 Å². The van der Waals surface area contributed by atoms with Gasteiger partial charge in [0.05, 0.1) is 25.8 Å². The molecule has 0 unspecified atom stereocenters. The van der Waals surface area contributed by atoms with Gasteiger partial charge in [-0.2, -0.15) is 9.97 Å². The monoisotopic (exact) mass is 289 g/mol. The highest BCUT2D eigenvalue weighted by atomic mass is 16.5. The highest BCUT2D eigenvalue weighted by Gasteiger charge is 2.10. The summed E-state index contributed by atoms with van der Waals surface area (Å²) in [6.07, 6.45) is 0. The van der Waals surface area contributed by atoms with Crippen LogP contribution < -0.4 is 14.8 Å². The maximum atomic E-state index is 11.1. The predicted molar refractivity (Wildman–Crippen MR) is 76.6 cm³/mol. The standard InChI is InChI=1S/C14H15N3O4/c1-8-4-5-9(6-10(8)13(18)19)15-14-16-11(20-2)7-12(17-14)21-3/h4-7H,1-3H3,(H,18,19)(H,15,16,17). The van der Waals surface area contributed by atoms with Gasteiger partial charge in [0.15, 0.2) is 0 Å². The van der Waals surface area contributed by atoms with Crippen LogP contribution in [-0.2, 0) is 0 Å². The molecule has 7 nitrogen and oxygen atoms in total. The largest absolute Gasteiger partial charge is 0.481 e. The molecule has 0 amide bonds. The van der Waals surface area contributed by atoms with Crippen molar-refractivity contribution in [3.05, 3.63) is 35.4 Å². The normalized spacial score (nSPS) is 10.0. The number of carboxylic acids is 1. The zero-order valence-corrected chi connectivity index (χ0v) is 11.9. The summed E-state index contributed by atoms with van der Waals surface area (Å²) in [6, 6.07) is 6.52. The molecule has 0 bridgehead atoms. The number of nitrogens with one attached hydrogen (secondary N) is 1. The van der Waals surface area contributed by atoms with E-state index in [2.05, 4.69) is 15.3 Å². The van der Waals surface area contributed by atoms with E-state index in [9.17, 15) is 4.79 Å². The molecule has 0 fully saturated rings. The van der Waals surface area contributed by atoms with Crippen molar-refractivity contribution in [2.75, 3.05) is 19.5 Å². The van der Waals surface area contributed by atoms with Crippen LogP contribution in [0.25, 0.3) is 0 Å². The van der Waals surface area contributed by atoms with Crippen molar-refractivity contribution in [1.82, 2.24) is 9.97 Å². The van der Waals surface area contributed by atoms with Gasteiger partial charge in [-0.3, -0.25) is 0 Å². The minimum absolute atomic E-state index is 0.217. The third-order valence-electron chi connectivity index (χ3n) is 2.82. The van der Waals surface area contributed by atoms with Crippen molar-refractivity contribution >= 4 is 17.6 Å². The highest BCUT2D eigenvalue weighted by molar-refractivity contribution is 5.90. The van der Waals surface area contributed by atoms with E-state index in [-0.39, 0.29) is 11.5 Å². The molecule has 0 aliphatic heterocycles. The molecule has 2 N–H and O–H groups in total. The minimum Gasteiger partial charge on any atom is -0.481 e. The smallest absolute Gasteiger partial charge is 0.336 e. The van der Waals surface area contributed by atoms with E-state index in [1.807, 2.05) is 0 Å². The molecule has 0 aliphatic rings. The van der Waals surface area contributed by atoms with Crippen LogP contribution in [0.4, 0.5) is 11.6 Å². The third-order valence-corrected chi connectivity index (χ3v) is 2.82. The predicted octanol–water partition coefficient (Wildman–Crippen LogP) is 2.24. The average Bonchev–Trinajstić information content (AvgIpc) is 2.48. The van der Waals surface area contributed by atoms with E-state index in [4.69, 9.17) is 14.6 Å². The zero-order valence-electron chi connectivity index (χ0n) is 11.9. The lowest BCUT2D eigenvalue weighted by atomic mass is 10.1. The molecular weight excluding hydrogens is 274 g/mol. The van der Waals surface area contributed by atoms with Gasteiger partial charge in [0.2, 0.25) is 17.7 Å². The van der Waals surface area contributed by atoms with Gasteiger partial charge in [-0.25, -0.2) is 4.79 Å². The van der Waals surface area contributed by atoms with Crippen LogP contribution in [0.5, 0.6) is 11.8 Å². The Labute approximate surface area is 121 Å². The molecule has 0 radical (unpaired) electrons. The number of benzene rings is 1. The Balaban J connectivity index is 2.33. The number of anilines is 2. The van der Waals surface area contributed by atoms with Crippen molar-refractivity contribution in [1.29, 1.82) is 0 Å². The first-order valence-corrected chi connectivity index (χ1v) is 6.11. The number of aromatic nitrogens is 2. The average molecular weight is 289 g/mol. The lowest BCUT2D eigenvalue weighted by Gasteiger charge is -2.09. The van der Waals surface area contributed by atoms with Gasteiger partial charge in [0, 0.05) is 5.69 Å². The number of aromatic carboxylic acids is 1. The van der Waals surface area contributed by atoms with Crippen molar-refractivity contribution in [3.8, 4) is 11.8 Å². The molecule has 0 saturated heterocycles. The second kappa shape index (κ2) is 6.08. The summed E-state index contributed by atoms with van der Waals surface area (Å²) in [5.74, 6) is -0.0449. The summed E-state index contributed by atoms with van der Waals surface area (Å²) < 4.78 is 10.1. The van der Waals surface area contributed by atoms with Gasteiger partial charge in [-0.15, -0.1) is 0 Å². The Morgan fingerprint density at radius 1 is 1.14 bits per heavy atom. The zero-order chi connectivity index (χ0) is 15.4. The van der Waals surface area contributed by atoms with Crippen molar-refractivity contribution < 1.29 is 19.4 Å². The minimum atomic E-state index is -0.986. The number of aryl methyl sites for hydroxylation is 1. The molecule has 0 atom stereocenters. The quantitative estimate of drug-likeness (QED) is 0.871. The van der Waals surface area contributed by atoms with Gasteiger partial charge < -0.3 is 19.9 Å². The maximum absolute atomic E-state index is 11.1. The molecule has 0 spiro atoms. The van der Waals surface area contributed by atoms with Crippen LogP contribution in [0.2, 0.25) is 0 Å². The van der Waals surface area contributed by atoms with E-state index in [1.165, 1.54) is 20.3 Å². The Kier molecular flexibility index (Phi) is 4.22. The van der Waals surface area contributed by atoms with Crippen LogP contribution in [0, 0.1) is 6.92 Å². The van der Waals surface area contributed by atoms with E-state index in [0.29, 0.717) is 23.0 Å². The van der Waals surface area contributed by atoms with E-state index in [0.717, 1.165) is 0 Å². The van der Waals surface area contributed by atoms with Gasteiger partial charge in [0.25, 0.3) is 0 Å². The van der Waals surface area contributed by atoms with Crippen LogP contribution in [-0.4, -0.2) is 35.3 Å². The van der Waals surface area contributed by atoms with Crippen molar-refractivity contribution in [3.63, 3.8) is 0 Å². The maximum Gasteiger partial charge on any atom is 0.336 e. The number of rotatable bonds is 5. The number of carboxylic acid groups (broad SMARTS) is 1. The summed E-state index contributed by atoms with van der Waals surface area (Å²) in [4.78, 5) is 19.4. The van der Waals surface area contributed by atoms with Crippen LogP contribution in [0.15, 0.2) is 24.3 Å². The third kappa shape index (κ3) is 3.38. The first kappa shape index (κ1) is 14.6. The van der Waals surface area contributed by atoms with E-state index >= 15 is 0 Å². The summed E-state index contributed by atoms with van der Waals surface area (Å²) in [7, 11) is 2.97. The Hall–Kier alpha value is -2.83. The molecule has 21 heavy (non-hydrogen) atoms. The van der Waals surface area contributed by atoms with Crippen LogP contribution >= 0.6 is 0 Å². The van der Waals surface area contributed by atoms with Gasteiger partial charge in [-0.1, -0.05) is 6.07 Å². The van der Waals surface area contributed by atoms with Gasteiger partial charge >= 0.3 is 5.97 Å². The topological polar surface area (TPSA) is 93.6 Å². The fourth-order valence-corrected chi connectivity index (χ4v) is 1.73. The summed E-state index contributed by atoms with van der Waals surface area (Å²) in [5, 5.41) is 12.1.